The fraction of sp³-hybridized carbons (Fsp3) is 0.125. The second-order valence-corrected chi connectivity index (χ2v) is 5.64. The molecule has 1 aliphatic heterocycles. The van der Waals surface area contributed by atoms with E-state index >= 15 is 0 Å². The van der Waals surface area contributed by atoms with Crippen LogP contribution in [-0.4, -0.2) is 35.4 Å². The third-order valence-electron chi connectivity index (χ3n) is 3.28. The van der Waals surface area contributed by atoms with E-state index in [1.165, 1.54) is 23.5 Å². The van der Waals surface area contributed by atoms with Gasteiger partial charge in [0.25, 0.3) is 0 Å². The molecule has 0 spiro atoms. The Morgan fingerprint density at radius 2 is 1.65 bits per heavy atom. The summed E-state index contributed by atoms with van der Waals surface area (Å²) in [5, 5.41) is 20.7. The maximum absolute atomic E-state index is 11.7. The monoisotopic (exact) mass is 332 g/mol. The van der Waals surface area contributed by atoms with E-state index in [2.05, 4.69) is 0 Å². The first-order valence-electron chi connectivity index (χ1n) is 6.72. The molecule has 2 aromatic rings. The van der Waals surface area contributed by atoms with Gasteiger partial charge in [0.05, 0.1) is 11.1 Å². The van der Waals surface area contributed by atoms with Crippen molar-refractivity contribution in [1.82, 2.24) is 0 Å². The summed E-state index contributed by atoms with van der Waals surface area (Å²) in [6.45, 7) is 0.781. The van der Waals surface area contributed by atoms with Gasteiger partial charge in [0.1, 0.15) is 13.2 Å². The molecular weight excluding hydrogens is 320 g/mol. The Kier molecular flexibility index (Phi) is 4.03. The van der Waals surface area contributed by atoms with Crippen LogP contribution in [0, 0.1) is 0 Å². The van der Waals surface area contributed by atoms with Crippen LogP contribution in [0.1, 0.15) is 10.4 Å². The molecule has 0 amide bonds. The quantitative estimate of drug-likeness (QED) is 0.836. The van der Waals surface area contributed by atoms with E-state index in [0.29, 0.717) is 29.6 Å². The average molecular weight is 332 g/mol. The zero-order chi connectivity index (χ0) is 16.4. The van der Waals surface area contributed by atoms with Crippen molar-refractivity contribution in [2.75, 3.05) is 13.2 Å². The number of thiophene rings is 1. The van der Waals surface area contributed by atoms with Crippen LogP contribution in [-0.2, 0) is 9.59 Å². The maximum atomic E-state index is 11.7. The summed E-state index contributed by atoms with van der Waals surface area (Å²) in [4.78, 5) is 23.7. The van der Waals surface area contributed by atoms with Gasteiger partial charge in [-0.2, -0.15) is 0 Å². The van der Waals surface area contributed by atoms with E-state index in [4.69, 9.17) is 9.47 Å². The van der Waals surface area contributed by atoms with E-state index in [1.54, 1.807) is 23.6 Å². The number of carboxylic acid groups (broad SMARTS) is 2. The van der Waals surface area contributed by atoms with Gasteiger partial charge in [-0.3, -0.25) is 0 Å². The van der Waals surface area contributed by atoms with Crippen molar-refractivity contribution >= 4 is 34.4 Å². The largest absolute Gasteiger partial charge is 0.486 e. The molecule has 23 heavy (non-hydrogen) atoms. The normalized spacial score (nSPS) is 14.1. The Balaban J connectivity index is 2.20. The lowest BCUT2D eigenvalue weighted by Gasteiger charge is -2.19. The fourth-order valence-corrected chi connectivity index (χ4v) is 3.10. The van der Waals surface area contributed by atoms with Crippen molar-refractivity contribution in [3.63, 3.8) is 0 Å². The lowest BCUT2D eigenvalue weighted by molar-refractivity contribution is -0.132. The molecule has 0 radical (unpaired) electrons. The minimum atomic E-state index is -1.31. The first kappa shape index (κ1) is 15.1. The number of rotatable bonds is 4. The number of benzene rings is 1. The second-order valence-electron chi connectivity index (χ2n) is 4.70. The van der Waals surface area contributed by atoms with Gasteiger partial charge >= 0.3 is 11.9 Å². The summed E-state index contributed by atoms with van der Waals surface area (Å²) in [5.41, 5.74) is -0.270. The Hall–Kier alpha value is -2.80. The average Bonchev–Trinajstić information content (AvgIpc) is 3.05. The molecule has 0 atom stereocenters. The standard InChI is InChI=1S/C16H12O6S/c17-15(18)13(14(16(19)20)12-2-1-7-23-12)9-3-4-10-11(8-9)22-6-5-21-10/h1-4,7-8H,5-6H2,(H,17,18)(H,19,20)/b14-13-. The SMILES string of the molecule is O=C(O)/C(=C(\C(=O)O)c1cccs1)c1ccc2c(c1)OCCO2. The molecule has 0 saturated carbocycles. The van der Waals surface area contributed by atoms with Crippen molar-refractivity contribution in [2.24, 2.45) is 0 Å². The van der Waals surface area contributed by atoms with E-state index in [1.807, 2.05) is 0 Å². The van der Waals surface area contributed by atoms with Crippen LogP contribution in [0.4, 0.5) is 0 Å². The van der Waals surface area contributed by atoms with Crippen molar-refractivity contribution in [3.8, 4) is 11.5 Å². The maximum Gasteiger partial charge on any atom is 0.338 e. The molecule has 2 N–H and O–H groups in total. The van der Waals surface area contributed by atoms with Crippen LogP contribution in [0.2, 0.25) is 0 Å². The van der Waals surface area contributed by atoms with Gasteiger partial charge in [-0.15, -0.1) is 11.3 Å². The first-order chi connectivity index (χ1) is 11.1. The highest BCUT2D eigenvalue weighted by Gasteiger charge is 2.25. The number of carbonyl (C=O) groups is 2. The smallest absolute Gasteiger partial charge is 0.338 e. The highest BCUT2D eigenvalue weighted by Crippen LogP contribution is 2.36. The van der Waals surface area contributed by atoms with E-state index in [-0.39, 0.29) is 16.7 Å². The Labute approximate surface area is 135 Å². The van der Waals surface area contributed by atoms with Crippen molar-refractivity contribution in [3.05, 3.63) is 46.2 Å². The van der Waals surface area contributed by atoms with Crippen LogP contribution < -0.4 is 9.47 Å². The predicted molar refractivity (Wildman–Crippen MR) is 83.8 cm³/mol. The number of ether oxygens (including phenoxy) is 2. The minimum Gasteiger partial charge on any atom is -0.486 e. The third-order valence-corrected chi connectivity index (χ3v) is 4.16. The molecule has 3 rings (SSSR count). The molecule has 2 heterocycles. The van der Waals surface area contributed by atoms with Gasteiger partial charge in [-0.25, -0.2) is 9.59 Å². The Morgan fingerprint density at radius 3 is 2.26 bits per heavy atom. The Morgan fingerprint density at radius 1 is 0.957 bits per heavy atom. The van der Waals surface area contributed by atoms with Crippen LogP contribution in [0.25, 0.3) is 11.1 Å². The third kappa shape index (κ3) is 2.91. The molecule has 0 fully saturated rings. The fourth-order valence-electron chi connectivity index (χ4n) is 2.33. The van der Waals surface area contributed by atoms with Crippen LogP contribution in [0.5, 0.6) is 11.5 Å². The lowest BCUT2D eigenvalue weighted by atomic mass is 9.98. The number of hydrogen-bond acceptors (Lipinski definition) is 5. The van der Waals surface area contributed by atoms with Crippen molar-refractivity contribution in [1.29, 1.82) is 0 Å². The van der Waals surface area contributed by atoms with Gasteiger partial charge in [0.15, 0.2) is 11.5 Å². The van der Waals surface area contributed by atoms with Gasteiger partial charge in [0.2, 0.25) is 0 Å². The first-order valence-corrected chi connectivity index (χ1v) is 7.60. The molecule has 7 heteroatoms. The molecule has 0 bridgehead atoms. The summed E-state index contributed by atoms with van der Waals surface area (Å²) in [6.07, 6.45) is 0. The number of aliphatic carboxylic acids is 2. The molecule has 0 aliphatic carbocycles. The molecule has 1 aromatic heterocycles. The number of fused-ring (bicyclic) bond motifs is 1. The summed E-state index contributed by atoms with van der Waals surface area (Å²) in [5.74, 6) is -1.69. The summed E-state index contributed by atoms with van der Waals surface area (Å²) < 4.78 is 10.8. The van der Waals surface area contributed by atoms with Gasteiger partial charge in [-0.05, 0) is 29.1 Å². The van der Waals surface area contributed by atoms with E-state index < -0.39 is 11.9 Å². The highest BCUT2D eigenvalue weighted by atomic mass is 32.1. The number of carboxylic acids is 2. The van der Waals surface area contributed by atoms with E-state index in [0.717, 1.165) is 0 Å². The summed E-state index contributed by atoms with van der Waals surface area (Å²) in [6, 6.07) is 7.85. The molecule has 1 aromatic carbocycles. The molecule has 1 aliphatic rings. The second kappa shape index (κ2) is 6.13. The van der Waals surface area contributed by atoms with Crippen molar-refractivity contribution < 1.29 is 29.3 Å². The Bertz CT molecular complexity index is 791. The molecular formula is C16H12O6S. The summed E-state index contributed by atoms with van der Waals surface area (Å²) in [7, 11) is 0. The summed E-state index contributed by atoms with van der Waals surface area (Å²) >= 11 is 1.17. The topological polar surface area (TPSA) is 93.1 Å². The highest BCUT2D eigenvalue weighted by molar-refractivity contribution is 7.11. The van der Waals surface area contributed by atoms with Gasteiger partial charge in [0, 0.05) is 4.88 Å². The minimum absolute atomic E-state index is 0.246. The van der Waals surface area contributed by atoms with E-state index in [9.17, 15) is 19.8 Å². The van der Waals surface area contributed by atoms with Crippen LogP contribution in [0.15, 0.2) is 35.7 Å². The van der Waals surface area contributed by atoms with Crippen molar-refractivity contribution in [2.45, 2.75) is 0 Å². The predicted octanol–water partition coefficient (Wildman–Crippen LogP) is 2.60. The van der Waals surface area contributed by atoms with Crippen LogP contribution in [0.3, 0.4) is 0 Å². The van der Waals surface area contributed by atoms with Crippen LogP contribution >= 0.6 is 11.3 Å². The molecule has 6 nitrogen and oxygen atoms in total. The zero-order valence-corrected chi connectivity index (χ0v) is 12.6. The molecule has 0 unspecified atom stereocenters. The lowest BCUT2D eigenvalue weighted by Crippen LogP contribution is -2.16. The van der Waals surface area contributed by atoms with Gasteiger partial charge in [-0.1, -0.05) is 12.1 Å². The molecule has 118 valence electrons. The zero-order valence-electron chi connectivity index (χ0n) is 11.8. The van der Waals surface area contributed by atoms with Gasteiger partial charge < -0.3 is 19.7 Å². The number of hydrogen-bond donors (Lipinski definition) is 2. The molecule has 0 saturated heterocycles.